The molecule has 12 heteroatoms. The minimum atomic E-state index is -3.50. The Morgan fingerprint density at radius 1 is 1.11 bits per heavy atom. The van der Waals surface area contributed by atoms with Crippen LogP contribution in [0.2, 0.25) is 5.02 Å². The molecule has 2 aliphatic carbocycles. The number of hydrogen-bond acceptors (Lipinski definition) is 4. The Morgan fingerprint density at radius 2 is 1.80 bits per heavy atom. The molecule has 0 aliphatic heterocycles. The van der Waals surface area contributed by atoms with Crippen molar-refractivity contribution in [2.75, 3.05) is 6.54 Å². The number of rotatable bonds is 8. The first-order valence-electron chi connectivity index (χ1n) is 13.9. The second kappa shape index (κ2) is 11.6. The molecule has 6 nitrogen and oxygen atoms in total. The zero-order chi connectivity index (χ0) is 31.2. The molecule has 0 amide bonds. The van der Waals surface area contributed by atoms with Gasteiger partial charge in [0.05, 0.1) is 39.2 Å². The molecule has 1 unspecified atom stereocenters. The van der Waals surface area contributed by atoms with Crippen molar-refractivity contribution < 1.29 is 26.6 Å². The van der Waals surface area contributed by atoms with Crippen molar-refractivity contribution in [3.05, 3.63) is 112 Å². The molecular formula is C32H27ClF4N4O2S. The van der Waals surface area contributed by atoms with Crippen molar-refractivity contribution in [2.45, 2.75) is 43.0 Å². The maximum absolute atomic E-state index is 14.5. The molecule has 0 radical (unpaired) electrons. The van der Waals surface area contributed by atoms with Gasteiger partial charge in [0.1, 0.15) is 17.3 Å². The molecular weight excluding hydrogens is 616 g/mol. The summed E-state index contributed by atoms with van der Waals surface area (Å²) in [5, 5.41) is 4.83. The van der Waals surface area contributed by atoms with E-state index in [1.807, 2.05) is 6.08 Å². The van der Waals surface area contributed by atoms with E-state index in [9.17, 15) is 26.6 Å². The van der Waals surface area contributed by atoms with Crippen LogP contribution in [-0.2, 0) is 16.1 Å². The number of nitrogens with zero attached hydrogens (tertiary/aromatic N) is 4. The highest BCUT2D eigenvalue weighted by atomic mass is 35.5. The third kappa shape index (κ3) is 5.48. The van der Waals surface area contributed by atoms with Gasteiger partial charge in [-0.1, -0.05) is 17.2 Å². The third-order valence-electron chi connectivity index (χ3n) is 8.38. The first kappa shape index (κ1) is 30.2. The third-order valence-corrected chi connectivity index (χ3v) is 10.8. The highest BCUT2D eigenvalue weighted by Crippen LogP contribution is 2.51. The molecule has 0 N–H and O–H groups in total. The van der Waals surface area contributed by atoms with E-state index in [1.165, 1.54) is 40.8 Å². The normalized spacial score (nSPS) is 21.0. The second-order valence-electron chi connectivity index (χ2n) is 11.0. The topological polar surface area (TPSA) is 68.1 Å². The number of alkyl halides is 2. The monoisotopic (exact) mass is 642 g/mol. The van der Waals surface area contributed by atoms with Crippen molar-refractivity contribution >= 4 is 39.0 Å². The summed E-state index contributed by atoms with van der Waals surface area (Å²) >= 11 is 6.23. The predicted molar refractivity (Wildman–Crippen MR) is 161 cm³/mol. The van der Waals surface area contributed by atoms with Gasteiger partial charge in [-0.05, 0) is 104 Å². The molecule has 0 spiro atoms. The lowest BCUT2D eigenvalue weighted by atomic mass is 9.60. The fourth-order valence-electron chi connectivity index (χ4n) is 6.32. The molecule has 44 heavy (non-hydrogen) atoms. The lowest BCUT2D eigenvalue weighted by Crippen LogP contribution is -2.51. The zero-order valence-electron chi connectivity index (χ0n) is 23.3. The number of pyridine rings is 1. The van der Waals surface area contributed by atoms with Crippen LogP contribution in [0, 0.1) is 17.0 Å². The van der Waals surface area contributed by atoms with Crippen molar-refractivity contribution in [2.24, 2.45) is 5.41 Å². The Kier molecular flexibility index (Phi) is 7.98. The highest BCUT2D eigenvalue weighted by Gasteiger charge is 2.51. The van der Waals surface area contributed by atoms with E-state index in [4.69, 9.17) is 11.6 Å². The minimum absolute atomic E-state index is 0.0491. The van der Waals surface area contributed by atoms with Gasteiger partial charge in [0.2, 0.25) is 0 Å². The summed E-state index contributed by atoms with van der Waals surface area (Å²) in [6, 6.07) is 12.9. The van der Waals surface area contributed by atoms with Gasteiger partial charge in [-0.25, -0.2) is 30.8 Å². The number of halogens is 5. The largest absolute Gasteiger partial charge is 0.291 e. The van der Waals surface area contributed by atoms with Crippen LogP contribution in [0.25, 0.3) is 11.8 Å². The van der Waals surface area contributed by atoms with E-state index in [0.29, 0.717) is 23.6 Å². The van der Waals surface area contributed by atoms with Crippen LogP contribution in [0.15, 0.2) is 83.5 Å². The number of benzene rings is 2. The van der Waals surface area contributed by atoms with Gasteiger partial charge < -0.3 is 0 Å². The quantitative estimate of drug-likeness (QED) is 0.120. The van der Waals surface area contributed by atoms with Crippen LogP contribution in [0.1, 0.15) is 41.0 Å². The molecule has 4 aromatic rings. The van der Waals surface area contributed by atoms with Crippen molar-refractivity contribution in [1.82, 2.24) is 19.1 Å². The Labute approximate surface area is 257 Å². The summed E-state index contributed by atoms with van der Waals surface area (Å²) in [7, 11) is -3.50. The molecule has 228 valence electrons. The van der Waals surface area contributed by atoms with Crippen LogP contribution in [0.3, 0.4) is 0 Å². The van der Waals surface area contributed by atoms with E-state index >= 15 is 0 Å². The van der Waals surface area contributed by atoms with Gasteiger partial charge in [0.25, 0.3) is 6.43 Å². The fourth-order valence-corrected chi connectivity index (χ4v) is 8.33. The number of ketones is 1. The van der Waals surface area contributed by atoms with E-state index in [1.54, 1.807) is 29.1 Å². The molecule has 0 saturated heterocycles. The Bertz CT molecular complexity index is 1860. The number of allylic oxidation sites excluding steroid dienone is 1. The number of Topliss-reactive ketones (excluding diaryl/α,β-unsaturated/α-hetero) is 1. The average Bonchev–Trinajstić information content (AvgIpc) is 3.40. The molecule has 2 heterocycles. The first-order chi connectivity index (χ1) is 21.0. The minimum Gasteiger partial charge on any atom is -0.291 e. The van der Waals surface area contributed by atoms with Crippen molar-refractivity contribution in [1.29, 1.82) is 0 Å². The van der Waals surface area contributed by atoms with Gasteiger partial charge in [-0.3, -0.25) is 9.78 Å². The van der Waals surface area contributed by atoms with Gasteiger partial charge in [0.15, 0.2) is 5.78 Å². The molecule has 6 rings (SSSR count). The van der Waals surface area contributed by atoms with Gasteiger partial charge in [0, 0.05) is 22.2 Å². The number of hydrogen-bond donors (Lipinski definition) is 0. The van der Waals surface area contributed by atoms with Gasteiger partial charge >= 0.3 is 0 Å². The van der Waals surface area contributed by atoms with Crippen LogP contribution in [0.5, 0.6) is 0 Å². The van der Waals surface area contributed by atoms with E-state index in [2.05, 4.69) is 16.0 Å². The van der Waals surface area contributed by atoms with Crippen molar-refractivity contribution in [3.63, 3.8) is 0 Å². The first-order valence-corrected chi connectivity index (χ1v) is 15.9. The molecule has 1 fully saturated rings. The second-order valence-corrected chi connectivity index (χ2v) is 13.7. The van der Waals surface area contributed by atoms with Gasteiger partial charge in [-0.15, -0.1) is 0 Å². The predicted octanol–water partition coefficient (Wildman–Crippen LogP) is 6.82. The lowest BCUT2D eigenvalue weighted by molar-refractivity contribution is 0.0666. The molecule has 2 aliphatic rings. The molecule has 2 aromatic carbocycles. The Morgan fingerprint density at radius 3 is 2.45 bits per heavy atom. The maximum Gasteiger partial charge on any atom is 0.252 e. The molecule has 3 atom stereocenters. The standard InChI is InChI=1S/C32H27ClF4N4O2S/c1-44(43,27-10-5-24(35)6-11-27)40(19-30(36)37)26-7-2-21-14-29-20(18-39-41(29)25-8-3-23(34)4-9-25)16-32(21,17-26)31(42)28-15-22(33)12-13-38-28/h3-6,8-15,18,26,30H,1-2,7,16-17,19H2/t26-,32-,44?/m0/s1. The summed E-state index contributed by atoms with van der Waals surface area (Å²) in [6.07, 6.45) is 2.96. The number of carbonyl (C=O) groups is 1. The van der Waals surface area contributed by atoms with Crippen molar-refractivity contribution in [3.8, 4) is 5.69 Å². The highest BCUT2D eigenvalue weighted by molar-refractivity contribution is 7.98. The van der Waals surface area contributed by atoms with E-state index < -0.39 is 40.0 Å². The fraction of sp³-hybridized carbons (Fsp3) is 0.250. The van der Waals surface area contributed by atoms with Crippen LogP contribution in [-0.4, -0.2) is 53.9 Å². The summed E-state index contributed by atoms with van der Waals surface area (Å²) in [6.45, 7) is -0.850. The van der Waals surface area contributed by atoms with Crippen LogP contribution < -0.4 is 0 Å². The van der Waals surface area contributed by atoms with Gasteiger partial charge in [-0.2, -0.15) is 5.10 Å². The summed E-state index contributed by atoms with van der Waals surface area (Å²) < 4.78 is 72.4. The number of carbonyl (C=O) groups excluding carboxylic acids is 1. The molecule has 1 saturated carbocycles. The van der Waals surface area contributed by atoms with Crippen LogP contribution >= 0.6 is 11.6 Å². The smallest absolute Gasteiger partial charge is 0.252 e. The molecule has 2 aromatic heterocycles. The van der Waals surface area contributed by atoms with E-state index in [-0.39, 0.29) is 35.0 Å². The number of aromatic nitrogens is 3. The van der Waals surface area contributed by atoms with E-state index in [0.717, 1.165) is 29.0 Å². The van der Waals surface area contributed by atoms with Crippen LogP contribution in [0.4, 0.5) is 17.6 Å². The maximum atomic E-state index is 14.5. The zero-order valence-corrected chi connectivity index (χ0v) is 24.9. The Hall–Kier alpha value is -3.80. The summed E-state index contributed by atoms with van der Waals surface area (Å²) in [4.78, 5) is 18.9. The Balaban J connectivity index is 1.45. The lowest BCUT2D eigenvalue weighted by Gasteiger charge is -2.47. The average molecular weight is 643 g/mol. The summed E-state index contributed by atoms with van der Waals surface area (Å²) in [5.74, 6) is 2.56. The number of fused-ring (bicyclic) bond motifs is 2. The summed E-state index contributed by atoms with van der Waals surface area (Å²) in [5.41, 5.74) is 1.72. The molecule has 0 bridgehead atoms. The SMILES string of the molecule is C=S(=O)(c1ccc(F)cc1)N(CC(F)F)[C@H]1CCC2=Cc3c(cnn3-c3ccc(F)cc3)C[C@]2(C(=O)c2cc(Cl)ccn2)C1.